The molecule has 0 bridgehead atoms. The Labute approximate surface area is 131 Å². The van der Waals surface area contributed by atoms with Crippen LogP contribution in [-0.2, 0) is 0 Å². The van der Waals surface area contributed by atoms with E-state index in [9.17, 15) is 0 Å². The summed E-state index contributed by atoms with van der Waals surface area (Å²) < 4.78 is 0. The minimum Gasteiger partial charge on any atom is -0.278 e. The lowest BCUT2D eigenvalue weighted by Crippen LogP contribution is -2.10. The lowest BCUT2D eigenvalue weighted by molar-refractivity contribution is 0.813. The van der Waals surface area contributed by atoms with Crippen LogP contribution >= 0.6 is 0 Å². The van der Waals surface area contributed by atoms with Crippen LogP contribution in [0.25, 0.3) is 0 Å². The van der Waals surface area contributed by atoms with Crippen molar-refractivity contribution in [3.63, 3.8) is 0 Å². The monoisotopic (exact) mass is 288 g/mol. The van der Waals surface area contributed by atoms with Gasteiger partial charge in [-0.1, -0.05) is 72.3 Å². The Hall–Kier alpha value is -2.61. The molecule has 1 aliphatic carbocycles. The Morgan fingerprint density at radius 3 is 2.32 bits per heavy atom. The van der Waals surface area contributed by atoms with Crippen molar-refractivity contribution < 1.29 is 0 Å². The lowest BCUT2D eigenvalue weighted by atomic mass is 9.94. The third kappa shape index (κ3) is 3.53. The molecular weight excluding hydrogens is 268 g/mol. The molecule has 2 aromatic carbocycles. The van der Waals surface area contributed by atoms with Crippen molar-refractivity contribution >= 4 is 11.4 Å². The maximum absolute atomic E-state index is 4.67. The summed E-state index contributed by atoms with van der Waals surface area (Å²) >= 11 is 0. The van der Waals surface area contributed by atoms with Crippen molar-refractivity contribution in [3.05, 3.63) is 90.0 Å². The number of benzene rings is 2. The smallest absolute Gasteiger partial charge is 0.0688 e. The first-order valence-corrected chi connectivity index (χ1v) is 7.61. The highest BCUT2D eigenvalue weighted by molar-refractivity contribution is 6.01. The van der Waals surface area contributed by atoms with E-state index in [2.05, 4.69) is 59.9 Å². The van der Waals surface area contributed by atoms with E-state index in [-0.39, 0.29) is 0 Å². The Morgan fingerprint density at radius 1 is 1.00 bits per heavy atom. The number of anilines is 1. The molecule has 1 N–H and O–H groups in total. The average Bonchev–Trinajstić information content (AvgIpc) is 2.98. The van der Waals surface area contributed by atoms with Gasteiger partial charge in [0.1, 0.15) is 0 Å². The molecule has 2 heteroatoms. The second-order valence-corrected chi connectivity index (χ2v) is 5.51. The Balaban J connectivity index is 1.83. The molecule has 110 valence electrons. The van der Waals surface area contributed by atoms with Crippen molar-refractivity contribution in [3.8, 4) is 0 Å². The number of hydrogen-bond donors (Lipinski definition) is 1. The van der Waals surface area contributed by atoms with Gasteiger partial charge in [0, 0.05) is 12.3 Å². The van der Waals surface area contributed by atoms with Crippen LogP contribution in [0.3, 0.4) is 0 Å². The zero-order chi connectivity index (χ0) is 15.2. The zero-order valence-electron chi connectivity index (χ0n) is 12.7. The molecule has 1 atom stereocenters. The number of para-hydroxylation sites is 1. The van der Waals surface area contributed by atoms with E-state index in [0.29, 0.717) is 5.92 Å². The minimum absolute atomic E-state index is 0.441. The van der Waals surface area contributed by atoms with Crippen LogP contribution in [0.15, 0.2) is 89.6 Å². The second kappa shape index (κ2) is 6.90. The van der Waals surface area contributed by atoms with Crippen LogP contribution in [0.5, 0.6) is 0 Å². The highest BCUT2D eigenvalue weighted by Gasteiger charge is 2.15. The molecule has 1 aliphatic rings. The first kappa shape index (κ1) is 14.3. The summed E-state index contributed by atoms with van der Waals surface area (Å²) in [5.74, 6) is 0.441. The molecule has 2 nitrogen and oxygen atoms in total. The fraction of sp³-hybridized carbons (Fsp3) is 0.150. The predicted octanol–water partition coefficient (Wildman–Crippen LogP) is 5.03. The Kier molecular flexibility index (Phi) is 4.50. The predicted molar refractivity (Wildman–Crippen MR) is 94.0 cm³/mol. The quantitative estimate of drug-likeness (QED) is 0.606. The Morgan fingerprint density at radius 2 is 1.68 bits per heavy atom. The summed E-state index contributed by atoms with van der Waals surface area (Å²) in [7, 11) is 0. The summed E-state index contributed by atoms with van der Waals surface area (Å²) in [6.07, 6.45) is 7.46. The van der Waals surface area contributed by atoms with E-state index < -0.39 is 0 Å². The fourth-order valence-electron chi connectivity index (χ4n) is 2.56. The van der Waals surface area contributed by atoms with Crippen LogP contribution in [0, 0.1) is 5.92 Å². The van der Waals surface area contributed by atoms with Gasteiger partial charge in [0.25, 0.3) is 0 Å². The van der Waals surface area contributed by atoms with Gasteiger partial charge in [-0.05, 0) is 24.6 Å². The number of hydrazone groups is 1. The molecular formula is C20H20N2. The molecule has 0 radical (unpaired) electrons. The molecule has 0 aromatic heterocycles. The number of allylic oxidation sites excluding steroid dienone is 4. The van der Waals surface area contributed by atoms with Gasteiger partial charge in [0.2, 0.25) is 0 Å². The molecule has 0 saturated heterocycles. The highest BCUT2D eigenvalue weighted by atomic mass is 15.3. The van der Waals surface area contributed by atoms with Gasteiger partial charge in [0.15, 0.2) is 0 Å². The SMILES string of the molecule is CC1=CC=CC1CC(=NNc1ccccc1)c1ccccc1. The van der Waals surface area contributed by atoms with Gasteiger partial charge in [-0.25, -0.2) is 0 Å². The number of nitrogens with zero attached hydrogens (tertiary/aromatic N) is 1. The van der Waals surface area contributed by atoms with Crippen LogP contribution in [0.4, 0.5) is 5.69 Å². The van der Waals surface area contributed by atoms with E-state index in [1.807, 2.05) is 36.4 Å². The highest BCUT2D eigenvalue weighted by Crippen LogP contribution is 2.24. The molecule has 1 unspecified atom stereocenters. The third-order valence-electron chi connectivity index (χ3n) is 3.90. The average molecular weight is 288 g/mol. The Bertz CT molecular complexity index is 697. The molecule has 2 aromatic rings. The number of hydrogen-bond acceptors (Lipinski definition) is 2. The molecule has 0 spiro atoms. The summed E-state index contributed by atoms with van der Waals surface area (Å²) in [5, 5.41) is 4.67. The van der Waals surface area contributed by atoms with Crippen LogP contribution in [0.2, 0.25) is 0 Å². The van der Waals surface area contributed by atoms with Crippen LogP contribution in [0.1, 0.15) is 18.9 Å². The van der Waals surface area contributed by atoms with Gasteiger partial charge in [-0.3, -0.25) is 5.43 Å². The van der Waals surface area contributed by atoms with E-state index >= 15 is 0 Å². The van der Waals surface area contributed by atoms with Gasteiger partial charge < -0.3 is 0 Å². The summed E-state index contributed by atoms with van der Waals surface area (Å²) in [6.45, 7) is 2.18. The maximum atomic E-state index is 4.67. The summed E-state index contributed by atoms with van der Waals surface area (Å²) in [6, 6.07) is 20.4. The molecule has 0 heterocycles. The second-order valence-electron chi connectivity index (χ2n) is 5.51. The third-order valence-corrected chi connectivity index (χ3v) is 3.90. The minimum atomic E-state index is 0.441. The summed E-state index contributed by atoms with van der Waals surface area (Å²) in [5.41, 5.74) is 7.82. The van der Waals surface area contributed by atoms with Crippen molar-refractivity contribution in [2.45, 2.75) is 13.3 Å². The first-order valence-electron chi connectivity index (χ1n) is 7.61. The van der Waals surface area contributed by atoms with Gasteiger partial charge >= 0.3 is 0 Å². The fourth-order valence-corrected chi connectivity index (χ4v) is 2.56. The van der Waals surface area contributed by atoms with E-state index in [4.69, 9.17) is 0 Å². The van der Waals surface area contributed by atoms with Crippen LogP contribution in [-0.4, -0.2) is 5.71 Å². The van der Waals surface area contributed by atoms with Crippen molar-refractivity contribution in [1.29, 1.82) is 0 Å². The maximum Gasteiger partial charge on any atom is 0.0688 e. The van der Waals surface area contributed by atoms with Gasteiger partial charge in [0.05, 0.1) is 11.4 Å². The standard InChI is InChI=1S/C20H20N2/c1-16-9-8-12-18(16)15-20(17-10-4-2-5-11-17)22-21-19-13-6-3-7-14-19/h2-14,18,21H,15H2,1H3. The van der Waals surface area contributed by atoms with E-state index in [0.717, 1.165) is 17.8 Å². The van der Waals surface area contributed by atoms with E-state index in [1.165, 1.54) is 11.1 Å². The van der Waals surface area contributed by atoms with Gasteiger partial charge in [-0.15, -0.1) is 0 Å². The van der Waals surface area contributed by atoms with E-state index in [1.54, 1.807) is 0 Å². The number of nitrogens with one attached hydrogen (secondary N) is 1. The zero-order valence-corrected chi connectivity index (χ0v) is 12.7. The molecule has 3 rings (SSSR count). The molecule has 0 aliphatic heterocycles. The van der Waals surface area contributed by atoms with Crippen LogP contribution < -0.4 is 5.43 Å². The molecule has 0 amide bonds. The van der Waals surface area contributed by atoms with Crippen molar-refractivity contribution in [1.82, 2.24) is 0 Å². The van der Waals surface area contributed by atoms with Crippen molar-refractivity contribution in [2.24, 2.45) is 11.0 Å². The normalized spacial score (nSPS) is 17.4. The first-order chi connectivity index (χ1) is 10.8. The molecule has 0 saturated carbocycles. The van der Waals surface area contributed by atoms with Crippen molar-refractivity contribution in [2.75, 3.05) is 5.43 Å². The van der Waals surface area contributed by atoms with Gasteiger partial charge in [-0.2, -0.15) is 5.10 Å². The topological polar surface area (TPSA) is 24.4 Å². The largest absolute Gasteiger partial charge is 0.278 e. The molecule has 0 fully saturated rings. The summed E-state index contributed by atoms with van der Waals surface area (Å²) in [4.78, 5) is 0. The molecule has 22 heavy (non-hydrogen) atoms. The number of rotatable bonds is 5. The lowest BCUT2D eigenvalue weighted by Gasteiger charge is -2.13.